The van der Waals surface area contributed by atoms with E-state index >= 15 is 0 Å². The van der Waals surface area contributed by atoms with Crippen LogP contribution in [-0.4, -0.2) is 25.2 Å². The van der Waals surface area contributed by atoms with Crippen LogP contribution in [0.3, 0.4) is 0 Å². The van der Waals surface area contributed by atoms with Crippen molar-refractivity contribution in [3.63, 3.8) is 0 Å². The molecule has 0 saturated carbocycles. The molecule has 0 atom stereocenters. The Labute approximate surface area is 121 Å². The van der Waals surface area contributed by atoms with Gasteiger partial charge in [-0.2, -0.15) is 0 Å². The Kier molecular flexibility index (Phi) is 7.55. The zero-order valence-corrected chi connectivity index (χ0v) is 12.6. The third-order valence-electron chi connectivity index (χ3n) is 3.02. The third kappa shape index (κ3) is 5.95. The quantitative estimate of drug-likeness (QED) is 0.755. The van der Waals surface area contributed by atoms with Crippen LogP contribution in [0.5, 0.6) is 11.5 Å². The molecule has 0 aliphatic carbocycles. The van der Waals surface area contributed by atoms with E-state index in [0.29, 0.717) is 12.4 Å². The summed E-state index contributed by atoms with van der Waals surface area (Å²) in [5, 5.41) is 2.94. The highest BCUT2D eigenvalue weighted by Crippen LogP contribution is 2.17. The van der Waals surface area contributed by atoms with E-state index in [1.54, 1.807) is 0 Å². The second-order valence-electron chi connectivity index (χ2n) is 4.69. The van der Waals surface area contributed by atoms with E-state index in [1.165, 1.54) is 0 Å². The smallest absolute Gasteiger partial charge is 0.258 e. The molecule has 4 heteroatoms. The highest BCUT2D eigenvalue weighted by Gasteiger charge is 2.08. The van der Waals surface area contributed by atoms with Crippen LogP contribution in [0.2, 0.25) is 0 Å². The number of hydrogen-bond donors (Lipinski definition) is 1. The lowest BCUT2D eigenvalue weighted by atomic mass is 10.2. The molecule has 0 saturated heterocycles. The summed E-state index contributed by atoms with van der Waals surface area (Å²) in [6.45, 7) is 6.94. The summed E-state index contributed by atoms with van der Waals surface area (Å²) in [7, 11) is 0. The molecule has 0 aliphatic rings. The second kappa shape index (κ2) is 9.23. The zero-order chi connectivity index (χ0) is 14.8. The van der Waals surface area contributed by atoms with Gasteiger partial charge in [0, 0.05) is 6.04 Å². The maximum Gasteiger partial charge on any atom is 0.258 e. The predicted molar refractivity (Wildman–Crippen MR) is 80.2 cm³/mol. The van der Waals surface area contributed by atoms with Crippen molar-refractivity contribution in [1.29, 1.82) is 0 Å². The highest BCUT2D eigenvalue weighted by molar-refractivity contribution is 5.77. The SMILES string of the molecule is CCCOc1ccc(OCC(=O)NC(CC)CC)cc1. The van der Waals surface area contributed by atoms with Crippen LogP contribution >= 0.6 is 0 Å². The maximum atomic E-state index is 11.7. The number of hydrogen-bond acceptors (Lipinski definition) is 3. The molecule has 0 heterocycles. The molecule has 1 N–H and O–H groups in total. The number of amides is 1. The molecule has 0 fully saturated rings. The summed E-state index contributed by atoms with van der Waals surface area (Å²) in [5.41, 5.74) is 0. The van der Waals surface area contributed by atoms with Gasteiger partial charge < -0.3 is 14.8 Å². The molecule has 0 unspecified atom stereocenters. The summed E-state index contributed by atoms with van der Waals surface area (Å²) < 4.78 is 10.9. The van der Waals surface area contributed by atoms with Crippen molar-refractivity contribution in [3.8, 4) is 11.5 Å². The molecular weight excluding hydrogens is 254 g/mol. The summed E-state index contributed by atoms with van der Waals surface area (Å²) >= 11 is 0. The van der Waals surface area contributed by atoms with Crippen LogP contribution in [-0.2, 0) is 4.79 Å². The lowest BCUT2D eigenvalue weighted by molar-refractivity contribution is -0.123. The molecule has 0 aromatic heterocycles. The van der Waals surface area contributed by atoms with E-state index in [2.05, 4.69) is 26.1 Å². The molecule has 112 valence electrons. The van der Waals surface area contributed by atoms with E-state index in [-0.39, 0.29) is 18.6 Å². The average Bonchev–Trinajstić information content (AvgIpc) is 2.49. The number of carbonyl (C=O) groups excluding carboxylic acids is 1. The molecule has 0 aliphatic heterocycles. The first kappa shape index (κ1) is 16.3. The van der Waals surface area contributed by atoms with Crippen molar-refractivity contribution in [1.82, 2.24) is 5.32 Å². The monoisotopic (exact) mass is 279 g/mol. The van der Waals surface area contributed by atoms with Gasteiger partial charge in [0.2, 0.25) is 0 Å². The predicted octanol–water partition coefficient (Wildman–Crippen LogP) is 3.16. The van der Waals surface area contributed by atoms with Crippen molar-refractivity contribution in [2.45, 2.75) is 46.1 Å². The van der Waals surface area contributed by atoms with Gasteiger partial charge in [-0.1, -0.05) is 20.8 Å². The first-order valence-electron chi connectivity index (χ1n) is 7.34. The van der Waals surface area contributed by atoms with Crippen molar-refractivity contribution in [3.05, 3.63) is 24.3 Å². The molecule has 20 heavy (non-hydrogen) atoms. The molecule has 1 aromatic carbocycles. The van der Waals surface area contributed by atoms with E-state index in [4.69, 9.17) is 9.47 Å². The fourth-order valence-corrected chi connectivity index (χ4v) is 1.76. The van der Waals surface area contributed by atoms with Gasteiger partial charge in [-0.25, -0.2) is 0 Å². The molecule has 1 rings (SSSR count). The van der Waals surface area contributed by atoms with Gasteiger partial charge in [-0.3, -0.25) is 4.79 Å². The Balaban J connectivity index is 2.35. The molecule has 1 aromatic rings. The summed E-state index contributed by atoms with van der Waals surface area (Å²) in [5.74, 6) is 1.42. The number of nitrogens with one attached hydrogen (secondary N) is 1. The Morgan fingerprint density at radius 1 is 1.05 bits per heavy atom. The van der Waals surface area contributed by atoms with Gasteiger partial charge >= 0.3 is 0 Å². The number of carbonyl (C=O) groups is 1. The maximum absolute atomic E-state index is 11.7. The molecule has 1 amide bonds. The first-order valence-corrected chi connectivity index (χ1v) is 7.34. The van der Waals surface area contributed by atoms with E-state index in [0.717, 1.165) is 25.0 Å². The Hall–Kier alpha value is -1.71. The highest BCUT2D eigenvalue weighted by atomic mass is 16.5. The molecular formula is C16H25NO3. The molecule has 4 nitrogen and oxygen atoms in total. The van der Waals surface area contributed by atoms with E-state index in [1.807, 2.05) is 24.3 Å². The third-order valence-corrected chi connectivity index (χ3v) is 3.02. The first-order chi connectivity index (χ1) is 9.69. The molecule has 0 spiro atoms. The van der Waals surface area contributed by atoms with E-state index in [9.17, 15) is 4.79 Å². The Morgan fingerprint density at radius 2 is 1.60 bits per heavy atom. The van der Waals surface area contributed by atoms with Crippen LogP contribution in [0, 0.1) is 0 Å². The van der Waals surface area contributed by atoms with Gasteiger partial charge in [-0.15, -0.1) is 0 Å². The molecule has 0 radical (unpaired) electrons. The lowest BCUT2D eigenvalue weighted by Gasteiger charge is -2.15. The average molecular weight is 279 g/mol. The van der Waals surface area contributed by atoms with Gasteiger partial charge in [0.1, 0.15) is 11.5 Å². The zero-order valence-electron chi connectivity index (χ0n) is 12.6. The fraction of sp³-hybridized carbons (Fsp3) is 0.562. The minimum atomic E-state index is -0.0787. The van der Waals surface area contributed by atoms with Crippen molar-refractivity contribution in [2.75, 3.05) is 13.2 Å². The fourth-order valence-electron chi connectivity index (χ4n) is 1.76. The second-order valence-corrected chi connectivity index (χ2v) is 4.69. The molecule has 0 bridgehead atoms. The van der Waals surface area contributed by atoms with Gasteiger partial charge in [0.25, 0.3) is 5.91 Å². The number of ether oxygens (including phenoxy) is 2. The van der Waals surface area contributed by atoms with Crippen LogP contribution in [0.15, 0.2) is 24.3 Å². The number of rotatable bonds is 9. The number of benzene rings is 1. The van der Waals surface area contributed by atoms with Crippen LogP contribution in [0.25, 0.3) is 0 Å². The van der Waals surface area contributed by atoms with E-state index < -0.39 is 0 Å². The van der Waals surface area contributed by atoms with Crippen molar-refractivity contribution >= 4 is 5.91 Å². The topological polar surface area (TPSA) is 47.6 Å². The standard InChI is InChI=1S/C16H25NO3/c1-4-11-19-14-7-9-15(10-8-14)20-12-16(18)17-13(5-2)6-3/h7-10,13H,4-6,11-12H2,1-3H3,(H,17,18). The largest absolute Gasteiger partial charge is 0.494 e. The minimum Gasteiger partial charge on any atom is -0.494 e. The van der Waals surface area contributed by atoms with Crippen molar-refractivity contribution in [2.24, 2.45) is 0 Å². The van der Waals surface area contributed by atoms with Crippen LogP contribution in [0.4, 0.5) is 0 Å². The van der Waals surface area contributed by atoms with Crippen LogP contribution < -0.4 is 14.8 Å². The minimum absolute atomic E-state index is 0.0473. The van der Waals surface area contributed by atoms with Gasteiger partial charge in [-0.05, 0) is 43.5 Å². The van der Waals surface area contributed by atoms with Gasteiger partial charge in [0.05, 0.1) is 6.61 Å². The summed E-state index contributed by atoms with van der Waals surface area (Å²) in [6, 6.07) is 7.56. The lowest BCUT2D eigenvalue weighted by Crippen LogP contribution is -2.37. The van der Waals surface area contributed by atoms with Crippen LogP contribution in [0.1, 0.15) is 40.0 Å². The summed E-state index contributed by atoms with van der Waals surface area (Å²) in [6.07, 6.45) is 2.85. The Bertz CT molecular complexity index is 385. The van der Waals surface area contributed by atoms with Crippen molar-refractivity contribution < 1.29 is 14.3 Å². The van der Waals surface area contributed by atoms with Gasteiger partial charge in [0.15, 0.2) is 6.61 Å². The summed E-state index contributed by atoms with van der Waals surface area (Å²) in [4.78, 5) is 11.7. The normalized spacial score (nSPS) is 10.4. The Morgan fingerprint density at radius 3 is 2.10 bits per heavy atom.